The summed E-state index contributed by atoms with van der Waals surface area (Å²) in [6, 6.07) is 7.51. The number of likely N-dealkylation sites (N-methyl/N-ethyl adjacent to an activating group) is 1. The molecule has 1 N–H and O–H groups in total. The minimum Gasteiger partial charge on any atom is -0.340 e. The highest BCUT2D eigenvalue weighted by Crippen LogP contribution is 2.11. The summed E-state index contributed by atoms with van der Waals surface area (Å²) in [4.78, 5) is 16.4. The fourth-order valence-corrected chi connectivity index (χ4v) is 2.40. The number of carbonyl (C=O) groups excluding carboxylic acids is 1. The number of rotatable bonds is 4. The molecule has 1 heterocycles. The summed E-state index contributed by atoms with van der Waals surface area (Å²) in [5, 5.41) is 3.33. The van der Waals surface area contributed by atoms with Gasteiger partial charge in [-0.05, 0) is 24.3 Å². The monoisotopic (exact) mass is 325 g/mol. The van der Waals surface area contributed by atoms with Gasteiger partial charge in [0.05, 0.1) is 0 Å². The molecule has 1 aliphatic rings. The summed E-state index contributed by atoms with van der Waals surface area (Å²) in [6.07, 6.45) is 0. The Morgan fingerprint density at radius 3 is 2.58 bits per heavy atom. The van der Waals surface area contributed by atoms with E-state index in [0.717, 1.165) is 49.3 Å². The predicted octanol–water partition coefficient (Wildman–Crippen LogP) is 1.43. The van der Waals surface area contributed by atoms with Crippen molar-refractivity contribution >= 4 is 21.8 Å². The van der Waals surface area contributed by atoms with Crippen LogP contribution in [0.25, 0.3) is 0 Å². The van der Waals surface area contributed by atoms with E-state index in [-0.39, 0.29) is 5.91 Å². The third kappa shape index (κ3) is 4.30. The van der Waals surface area contributed by atoms with E-state index in [1.54, 1.807) is 4.90 Å². The summed E-state index contributed by atoms with van der Waals surface area (Å²) in [6.45, 7) is 5.95. The van der Waals surface area contributed by atoms with E-state index in [2.05, 4.69) is 26.1 Å². The van der Waals surface area contributed by atoms with Crippen molar-refractivity contribution in [1.82, 2.24) is 15.1 Å². The van der Waals surface area contributed by atoms with Crippen LogP contribution in [0.5, 0.6) is 0 Å². The van der Waals surface area contributed by atoms with E-state index in [4.69, 9.17) is 0 Å². The number of carbonyl (C=O) groups is 1. The summed E-state index contributed by atoms with van der Waals surface area (Å²) < 4.78 is 0.993. The van der Waals surface area contributed by atoms with Gasteiger partial charge in [0.1, 0.15) is 0 Å². The van der Waals surface area contributed by atoms with Crippen molar-refractivity contribution in [1.29, 1.82) is 0 Å². The van der Waals surface area contributed by atoms with Gasteiger partial charge in [-0.2, -0.15) is 0 Å². The van der Waals surface area contributed by atoms with E-state index >= 15 is 0 Å². The first kappa shape index (κ1) is 14.5. The van der Waals surface area contributed by atoms with E-state index in [9.17, 15) is 4.79 Å². The maximum Gasteiger partial charge on any atom is 0.253 e. The normalized spacial score (nSPS) is 16.3. The molecule has 5 heteroatoms. The number of amides is 1. The first-order chi connectivity index (χ1) is 9.16. The van der Waals surface area contributed by atoms with E-state index in [1.165, 1.54) is 0 Å². The van der Waals surface area contributed by atoms with Gasteiger partial charge in [0.2, 0.25) is 0 Å². The average Bonchev–Trinajstić information content (AvgIpc) is 2.46. The van der Waals surface area contributed by atoms with Crippen LogP contribution in [0, 0.1) is 0 Å². The fraction of sp³-hybridized carbons (Fsp3) is 0.500. The van der Waals surface area contributed by atoms with Gasteiger partial charge in [0.15, 0.2) is 0 Å². The van der Waals surface area contributed by atoms with E-state index in [1.807, 2.05) is 31.3 Å². The highest BCUT2D eigenvalue weighted by Gasteiger charge is 2.14. The topological polar surface area (TPSA) is 35.6 Å². The Labute approximate surface area is 122 Å². The Balaban J connectivity index is 1.83. The second kappa shape index (κ2) is 7.03. The molecule has 0 bridgehead atoms. The highest BCUT2D eigenvalue weighted by molar-refractivity contribution is 9.10. The fourth-order valence-electron chi connectivity index (χ4n) is 2.14. The Bertz CT molecular complexity index is 415. The number of halogens is 1. The highest BCUT2D eigenvalue weighted by atomic mass is 79.9. The van der Waals surface area contributed by atoms with Crippen LogP contribution in [0.3, 0.4) is 0 Å². The van der Waals surface area contributed by atoms with Crippen molar-refractivity contribution < 1.29 is 4.79 Å². The van der Waals surface area contributed by atoms with Crippen LogP contribution in [0.4, 0.5) is 0 Å². The number of piperazine rings is 1. The van der Waals surface area contributed by atoms with E-state index in [0.29, 0.717) is 0 Å². The summed E-state index contributed by atoms with van der Waals surface area (Å²) >= 11 is 3.38. The SMILES string of the molecule is CN(CCN1CCNCC1)C(=O)c1ccc(Br)cc1. The lowest BCUT2D eigenvalue weighted by molar-refractivity contribution is 0.0775. The molecule has 19 heavy (non-hydrogen) atoms. The molecule has 1 saturated heterocycles. The van der Waals surface area contributed by atoms with Gasteiger partial charge in [0.25, 0.3) is 5.91 Å². The molecule has 0 atom stereocenters. The molecular formula is C14H20BrN3O. The zero-order valence-corrected chi connectivity index (χ0v) is 12.8. The lowest BCUT2D eigenvalue weighted by atomic mass is 10.2. The Kier molecular flexibility index (Phi) is 5.36. The predicted molar refractivity (Wildman–Crippen MR) is 80.4 cm³/mol. The smallest absolute Gasteiger partial charge is 0.253 e. The van der Waals surface area contributed by atoms with Crippen LogP contribution in [0.15, 0.2) is 28.7 Å². The van der Waals surface area contributed by atoms with Gasteiger partial charge >= 0.3 is 0 Å². The van der Waals surface area contributed by atoms with Gasteiger partial charge in [-0.3, -0.25) is 9.69 Å². The molecule has 4 nitrogen and oxygen atoms in total. The lowest BCUT2D eigenvalue weighted by Crippen LogP contribution is -2.46. The van der Waals surface area contributed by atoms with Gasteiger partial charge < -0.3 is 10.2 Å². The molecule has 0 spiro atoms. The number of hydrogen-bond acceptors (Lipinski definition) is 3. The first-order valence-electron chi connectivity index (χ1n) is 6.61. The Morgan fingerprint density at radius 1 is 1.32 bits per heavy atom. The molecule has 1 aromatic rings. The largest absolute Gasteiger partial charge is 0.340 e. The minimum atomic E-state index is 0.0858. The van der Waals surface area contributed by atoms with Crippen LogP contribution in [-0.2, 0) is 0 Å². The van der Waals surface area contributed by atoms with Crippen LogP contribution in [0.2, 0.25) is 0 Å². The van der Waals surface area contributed by atoms with E-state index < -0.39 is 0 Å². The third-order valence-corrected chi connectivity index (χ3v) is 3.93. The zero-order valence-electron chi connectivity index (χ0n) is 11.2. The van der Waals surface area contributed by atoms with Crippen molar-refractivity contribution in [3.8, 4) is 0 Å². The molecule has 0 aromatic heterocycles. The van der Waals surface area contributed by atoms with Gasteiger partial charge in [0, 0.05) is 56.4 Å². The van der Waals surface area contributed by atoms with Gasteiger partial charge in [-0.25, -0.2) is 0 Å². The maximum absolute atomic E-state index is 12.2. The number of hydrogen-bond donors (Lipinski definition) is 1. The number of benzene rings is 1. The van der Waals surface area contributed by atoms with Gasteiger partial charge in [-0.15, -0.1) is 0 Å². The van der Waals surface area contributed by atoms with Crippen molar-refractivity contribution in [3.63, 3.8) is 0 Å². The molecule has 1 fully saturated rings. The minimum absolute atomic E-state index is 0.0858. The second-order valence-corrected chi connectivity index (χ2v) is 5.74. The first-order valence-corrected chi connectivity index (χ1v) is 7.40. The Morgan fingerprint density at radius 2 is 1.95 bits per heavy atom. The van der Waals surface area contributed by atoms with Crippen molar-refractivity contribution in [2.75, 3.05) is 46.3 Å². The molecule has 1 aromatic carbocycles. The van der Waals surface area contributed by atoms with Gasteiger partial charge in [-0.1, -0.05) is 15.9 Å². The van der Waals surface area contributed by atoms with Crippen molar-refractivity contribution in [3.05, 3.63) is 34.3 Å². The molecule has 104 valence electrons. The molecular weight excluding hydrogens is 306 g/mol. The molecule has 0 radical (unpaired) electrons. The lowest BCUT2D eigenvalue weighted by Gasteiger charge is -2.29. The van der Waals surface area contributed by atoms with Crippen LogP contribution >= 0.6 is 15.9 Å². The van der Waals surface area contributed by atoms with Crippen LogP contribution in [-0.4, -0.2) is 62.0 Å². The van der Waals surface area contributed by atoms with Crippen molar-refractivity contribution in [2.24, 2.45) is 0 Å². The van der Waals surface area contributed by atoms with Crippen LogP contribution < -0.4 is 5.32 Å². The number of nitrogens with one attached hydrogen (secondary N) is 1. The molecule has 0 aliphatic carbocycles. The molecule has 2 rings (SSSR count). The van der Waals surface area contributed by atoms with Crippen molar-refractivity contribution in [2.45, 2.75) is 0 Å². The second-order valence-electron chi connectivity index (χ2n) is 4.83. The summed E-state index contributed by atoms with van der Waals surface area (Å²) in [7, 11) is 1.87. The summed E-state index contributed by atoms with van der Waals surface area (Å²) in [5.74, 6) is 0.0858. The molecule has 0 unspecified atom stereocenters. The average molecular weight is 326 g/mol. The quantitative estimate of drug-likeness (QED) is 0.909. The maximum atomic E-state index is 12.2. The zero-order chi connectivity index (χ0) is 13.7. The molecule has 1 amide bonds. The standard InChI is InChI=1S/C14H20BrN3O/c1-17(10-11-18-8-6-16-7-9-18)14(19)12-2-4-13(15)5-3-12/h2-5,16H,6-11H2,1H3. The third-order valence-electron chi connectivity index (χ3n) is 3.40. The number of nitrogens with zero attached hydrogens (tertiary/aromatic N) is 2. The molecule has 1 aliphatic heterocycles. The molecule has 0 saturated carbocycles. The summed E-state index contributed by atoms with van der Waals surface area (Å²) in [5.41, 5.74) is 0.742. The Hall–Kier alpha value is -0.910. The van der Waals surface area contributed by atoms with Crippen LogP contribution in [0.1, 0.15) is 10.4 Å².